The maximum Gasteiger partial charge on any atom is 0.372 e. The second kappa shape index (κ2) is 5.40. The Kier molecular flexibility index (Phi) is 3.85. The van der Waals surface area contributed by atoms with E-state index in [1.807, 2.05) is 32.0 Å². The molecule has 2 aromatic rings. The Labute approximate surface area is 113 Å². The molecule has 1 aromatic carbocycles. The first-order valence-electron chi connectivity index (χ1n) is 5.74. The summed E-state index contributed by atoms with van der Waals surface area (Å²) >= 11 is 0. The van der Waals surface area contributed by atoms with E-state index in [1.54, 1.807) is 6.07 Å². The molecule has 0 aliphatic heterocycles. The Balaban J connectivity index is 2.26. The van der Waals surface area contributed by atoms with Crippen LogP contribution in [-0.2, 0) is 16.6 Å². The number of carbonyl (C=O) groups is 1. The number of furan rings is 1. The average molecular weight is 278 g/mol. The number of hydrogen-bond donors (Lipinski definition) is 1. The summed E-state index contributed by atoms with van der Waals surface area (Å²) < 4.78 is 17.2. The summed E-state index contributed by atoms with van der Waals surface area (Å²) in [6.07, 6.45) is 1.30. The Bertz CT molecular complexity index is 643. The first-order valence-corrected chi connectivity index (χ1v) is 7.06. The van der Waals surface area contributed by atoms with Crippen molar-refractivity contribution in [3.8, 4) is 0 Å². The van der Waals surface area contributed by atoms with Crippen molar-refractivity contribution in [1.29, 1.82) is 0 Å². The maximum atomic E-state index is 12.3. The summed E-state index contributed by atoms with van der Waals surface area (Å²) in [5.74, 6) is -1.14. The van der Waals surface area contributed by atoms with E-state index in [9.17, 15) is 9.00 Å². The second-order valence-corrected chi connectivity index (χ2v) is 5.76. The van der Waals surface area contributed by atoms with Gasteiger partial charge in [-0.05, 0) is 31.5 Å². The van der Waals surface area contributed by atoms with Gasteiger partial charge in [0.05, 0.1) is 22.8 Å². The quantitative estimate of drug-likeness (QED) is 0.933. The van der Waals surface area contributed by atoms with E-state index in [0.29, 0.717) is 5.56 Å². The Morgan fingerprint density at radius 1 is 1.32 bits per heavy atom. The van der Waals surface area contributed by atoms with Gasteiger partial charge >= 0.3 is 5.97 Å². The number of rotatable bonds is 4. The summed E-state index contributed by atoms with van der Waals surface area (Å²) in [5, 5.41) is 8.94. The molecule has 0 spiro atoms. The highest BCUT2D eigenvalue weighted by atomic mass is 32.2. The standard InChI is InChI=1S/C14H14O4S/c1-9-3-4-12(10(2)7-9)19(17)8-11-5-6-18-13(11)14(15)16/h3-7H,8H2,1-2H3,(H,15,16). The Hall–Kier alpha value is -1.88. The van der Waals surface area contributed by atoms with Crippen LogP contribution in [0.2, 0.25) is 0 Å². The lowest BCUT2D eigenvalue weighted by Gasteiger charge is -2.06. The van der Waals surface area contributed by atoms with Gasteiger partial charge in [-0.2, -0.15) is 0 Å². The van der Waals surface area contributed by atoms with Gasteiger partial charge in [0.15, 0.2) is 0 Å². The van der Waals surface area contributed by atoms with Crippen LogP contribution in [0, 0.1) is 13.8 Å². The van der Waals surface area contributed by atoms with E-state index in [4.69, 9.17) is 9.52 Å². The molecule has 0 saturated carbocycles. The zero-order valence-corrected chi connectivity index (χ0v) is 11.5. The summed E-state index contributed by atoms with van der Waals surface area (Å²) in [6, 6.07) is 7.22. The smallest absolute Gasteiger partial charge is 0.372 e. The minimum Gasteiger partial charge on any atom is -0.475 e. The Morgan fingerprint density at radius 2 is 2.05 bits per heavy atom. The lowest BCUT2D eigenvalue weighted by Crippen LogP contribution is -2.03. The summed E-state index contributed by atoms with van der Waals surface area (Å²) in [4.78, 5) is 11.6. The minimum atomic E-state index is -1.28. The molecule has 1 heterocycles. The highest BCUT2D eigenvalue weighted by molar-refractivity contribution is 7.84. The van der Waals surface area contributed by atoms with Crippen LogP contribution < -0.4 is 0 Å². The predicted molar refractivity (Wildman–Crippen MR) is 71.7 cm³/mol. The van der Waals surface area contributed by atoms with Gasteiger partial charge in [-0.3, -0.25) is 4.21 Å². The molecule has 1 N–H and O–H groups in total. The number of carboxylic acids is 1. The van der Waals surface area contributed by atoms with Gasteiger partial charge in [0.1, 0.15) is 0 Å². The van der Waals surface area contributed by atoms with Gasteiger partial charge in [0.25, 0.3) is 0 Å². The number of hydrogen-bond acceptors (Lipinski definition) is 3. The molecule has 1 aromatic heterocycles. The van der Waals surface area contributed by atoms with Gasteiger partial charge < -0.3 is 9.52 Å². The van der Waals surface area contributed by atoms with Crippen LogP contribution in [0.25, 0.3) is 0 Å². The van der Waals surface area contributed by atoms with Crippen LogP contribution >= 0.6 is 0 Å². The van der Waals surface area contributed by atoms with Gasteiger partial charge in [-0.15, -0.1) is 0 Å². The third-order valence-corrected chi connectivity index (χ3v) is 4.33. The average Bonchev–Trinajstić information content (AvgIpc) is 2.76. The molecular weight excluding hydrogens is 264 g/mol. The van der Waals surface area contributed by atoms with Crippen molar-refractivity contribution >= 4 is 16.8 Å². The normalized spacial score (nSPS) is 12.3. The third kappa shape index (κ3) is 2.93. The van der Waals surface area contributed by atoms with E-state index >= 15 is 0 Å². The van der Waals surface area contributed by atoms with Crippen molar-refractivity contribution in [2.24, 2.45) is 0 Å². The SMILES string of the molecule is Cc1ccc(S(=O)Cc2ccoc2C(=O)O)c(C)c1. The van der Waals surface area contributed by atoms with Gasteiger partial charge in [-0.1, -0.05) is 17.7 Å². The summed E-state index contributed by atoms with van der Waals surface area (Å²) in [6.45, 7) is 3.87. The fraction of sp³-hybridized carbons (Fsp3) is 0.214. The zero-order valence-electron chi connectivity index (χ0n) is 10.7. The van der Waals surface area contributed by atoms with Crippen LogP contribution in [0.1, 0.15) is 27.2 Å². The molecule has 2 rings (SSSR count). The van der Waals surface area contributed by atoms with Crippen LogP contribution in [-0.4, -0.2) is 15.3 Å². The lowest BCUT2D eigenvalue weighted by atomic mass is 10.2. The number of benzene rings is 1. The van der Waals surface area contributed by atoms with Crippen LogP contribution in [0.5, 0.6) is 0 Å². The zero-order chi connectivity index (χ0) is 14.0. The predicted octanol–water partition coefficient (Wildman–Crippen LogP) is 2.90. The second-order valence-electron chi connectivity index (χ2n) is 4.34. The van der Waals surface area contributed by atoms with Crippen LogP contribution in [0.3, 0.4) is 0 Å². The van der Waals surface area contributed by atoms with Crippen LogP contribution in [0.15, 0.2) is 39.8 Å². The molecule has 0 aliphatic rings. The highest BCUT2D eigenvalue weighted by Gasteiger charge is 2.17. The molecule has 4 nitrogen and oxygen atoms in total. The number of aromatic carboxylic acids is 1. The first kappa shape index (κ1) is 13.5. The molecule has 5 heteroatoms. The van der Waals surface area contributed by atoms with Gasteiger partial charge in [0, 0.05) is 10.5 Å². The topological polar surface area (TPSA) is 67.5 Å². The fourth-order valence-electron chi connectivity index (χ4n) is 1.91. The van der Waals surface area contributed by atoms with E-state index in [1.165, 1.54) is 6.26 Å². The van der Waals surface area contributed by atoms with E-state index in [0.717, 1.165) is 16.0 Å². The van der Waals surface area contributed by atoms with Gasteiger partial charge in [0.2, 0.25) is 5.76 Å². The van der Waals surface area contributed by atoms with Crippen molar-refractivity contribution < 1.29 is 18.5 Å². The van der Waals surface area contributed by atoms with E-state index in [2.05, 4.69) is 0 Å². The molecule has 1 unspecified atom stereocenters. The van der Waals surface area contributed by atoms with Crippen molar-refractivity contribution in [1.82, 2.24) is 0 Å². The summed E-state index contributed by atoms with van der Waals surface area (Å²) in [7, 11) is -1.28. The van der Waals surface area contributed by atoms with Crippen molar-refractivity contribution in [2.45, 2.75) is 24.5 Å². The molecule has 0 saturated heterocycles. The molecule has 0 amide bonds. The van der Waals surface area contributed by atoms with Crippen molar-refractivity contribution in [3.63, 3.8) is 0 Å². The van der Waals surface area contributed by atoms with Crippen molar-refractivity contribution in [3.05, 3.63) is 53.0 Å². The number of carboxylic acid groups (broad SMARTS) is 1. The van der Waals surface area contributed by atoms with Gasteiger partial charge in [-0.25, -0.2) is 4.79 Å². The monoisotopic (exact) mass is 278 g/mol. The minimum absolute atomic E-state index is 0.141. The molecule has 100 valence electrons. The number of aryl methyl sites for hydroxylation is 2. The molecule has 19 heavy (non-hydrogen) atoms. The Morgan fingerprint density at radius 3 is 2.68 bits per heavy atom. The van der Waals surface area contributed by atoms with Crippen molar-refractivity contribution in [2.75, 3.05) is 0 Å². The molecule has 0 bridgehead atoms. The lowest BCUT2D eigenvalue weighted by molar-refractivity contribution is 0.0661. The molecule has 1 atom stereocenters. The molecular formula is C14H14O4S. The summed E-state index contributed by atoms with van der Waals surface area (Å²) in [5.41, 5.74) is 2.50. The third-order valence-electron chi connectivity index (χ3n) is 2.80. The molecule has 0 fully saturated rings. The first-order chi connectivity index (χ1) is 8.99. The molecule has 0 radical (unpaired) electrons. The highest BCUT2D eigenvalue weighted by Crippen LogP contribution is 2.20. The van der Waals surface area contributed by atoms with E-state index in [-0.39, 0.29) is 11.5 Å². The maximum absolute atomic E-state index is 12.3. The fourth-order valence-corrected chi connectivity index (χ4v) is 3.21. The van der Waals surface area contributed by atoms with E-state index < -0.39 is 16.8 Å². The van der Waals surface area contributed by atoms with Crippen LogP contribution in [0.4, 0.5) is 0 Å². The largest absolute Gasteiger partial charge is 0.475 e. The molecule has 0 aliphatic carbocycles.